The first-order chi connectivity index (χ1) is 9.99. The molecule has 0 aliphatic carbocycles. The number of ether oxygens (including phenoxy) is 2. The Hall–Kier alpha value is -1.75. The summed E-state index contributed by atoms with van der Waals surface area (Å²) >= 11 is 0. The van der Waals surface area contributed by atoms with E-state index in [2.05, 4.69) is 0 Å². The molecule has 21 heavy (non-hydrogen) atoms. The van der Waals surface area contributed by atoms with Crippen molar-refractivity contribution in [2.24, 2.45) is 5.73 Å². The van der Waals surface area contributed by atoms with Crippen LogP contribution in [-0.4, -0.2) is 29.8 Å². The normalized spacial score (nSPS) is 13.5. The maximum absolute atomic E-state index is 11.3. The molecule has 0 aromatic heterocycles. The number of hydrogen-bond acceptors (Lipinski definition) is 4. The minimum atomic E-state index is -0.963. The Morgan fingerprint density at radius 3 is 2.62 bits per heavy atom. The number of rotatable bonds is 9. The minimum absolute atomic E-state index is 0.0429. The third-order valence-electron chi connectivity index (χ3n) is 2.99. The van der Waals surface area contributed by atoms with Gasteiger partial charge >= 0.3 is 5.97 Å². The van der Waals surface area contributed by atoms with Crippen LogP contribution in [0.2, 0.25) is 0 Å². The summed E-state index contributed by atoms with van der Waals surface area (Å²) < 4.78 is 11.3. The lowest BCUT2D eigenvalue weighted by molar-refractivity contribution is -0.145. The molecule has 0 fully saturated rings. The minimum Gasteiger partial charge on any atom is -0.490 e. The molecule has 0 aliphatic rings. The highest BCUT2D eigenvalue weighted by Crippen LogP contribution is 2.33. The zero-order valence-corrected chi connectivity index (χ0v) is 13.0. The second-order valence-corrected chi connectivity index (χ2v) is 5.09. The zero-order chi connectivity index (χ0) is 15.8. The summed E-state index contributed by atoms with van der Waals surface area (Å²) in [5.41, 5.74) is 6.73. The quantitative estimate of drug-likeness (QED) is 0.732. The van der Waals surface area contributed by atoms with Crippen LogP contribution in [0.1, 0.15) is 39.2 Å². The van der Waals surface area contributed by atoms with Crippen LogP contribution in [0.5, 0.6) is 11.5 Å². The SMILES string of the molecule is CCCC(Oc1c(CC(C)N)cccc1OCC)C(=O)O. The zero-order valence-electron chi connectivity index (χ0n) is 13.0. The van der Waals surface area contributed by atoms with Crippen molar-refractivity contribution in [3.63, 3.8) is 0 Å². The lowest BCUT2D eigenvalue weighted by atomic mass is 10.1. The number of nitrogens with two attached hydrogens (primary N) is 1. The first kappa shape index (κ1) is 17.3. The van der Waals surface area contributed by atoms with Gasteiger partial charge in [-0.2, -0.15) is 0 Å². The Morgan fingerprint density at radius 1 is 1.38 bits per heavy atom. The number of para-hydroxylation sites is 1. The van der Waals surface area contributed by atoms with Gasteiger partial charge in [0.15, 0.2) is 17.6 Å². The largest absolute Gasteiger partial charge is 0.490 e. The molecule has 3 N–H and O–H groups in total. The van der Waals surface area contributed by atoms with E-state index < -0.39 is 12.1 Å². The fraction of sp³-hybridized carbons (Fsp3) is 0.562. The van der Waals surface area contributed by atoms with Crippen molar-refractivity contribution in [1.82, 2.24) is 0 Å². The summed E-state index contributed by atoms with van der Waals surface area (Å²) in [5, 5.41) is 9.27. The van der Waals surface area contributed by atoms with E-state index in [4.69, 9.17) is 15.2 Å². The molecule has 5 heteroatoms. The fourth-order valence-electron chi connectivity index (χ4n) is 2.11. The van der Waals surface area contributed by atoms with Gasteiger partial charge in [-0.25, -0.2) is 4.79 Å². The van der Waals surface area contributed by atoms with Gasteiger partial charge < -0.3 is 20.3 Å². The van der Waals surface area contributed by atoms with Crippen molar-refractivity contribution >= 4 is 5.97 Å². The molecule has 0 spiro atoms. The average molecular weight is 295 g/mol. The van der Waals surface area contributed by atoms with Crippen LogP contribution in [0, 0.1) is 0 Å². The van der Waals surface area contributed by atoms with Crippen molar-refractivity contribution in [2.75, 3.05) is 6.61 Å². The van der Waals surface area contributed by atoms with E-state index in [0.29, 0.717) is 30.9 Å². The van der Waals surface area contributed by atoms with E-state index in [9.17, 15) is 9.90 Å². The Kier molecular flexibility index (Phi) is 7.02. The molecule has 2 atom stereocenters. The number of carboxylic acids is 1. The number of hydrogen-bond donors (Lipinski definition) is 2. The van der Waals surface area contributed by atoms with Crippen LogP contribution in [0.25, 0.3) is 0 Å². The molecule has 0 aliphatic heterocycles. The molecular weight excluding hydrogens is 270 g/mol. The van der Waals surface area contributed by atoms with Crippen LogP contribution in [0.3, 0.4) is 0 Å². The molecule has 0 amide bonds. The van der Waals surface area contributed by atoms with E-state index in [1.807, 2.05) is 32.9 Å². The molecule has 0 heterocycles. The number of carboxylic acid groups (broad SMARTS) is 1. The van der Waals surface area contributed by atoms with Crippen molar-refractivity contribution in [2.45, 2.75) is 52.2 Å². The van der Waals surface area contributed by atoms with E-state index in [1.54, 1.807) is 6.07 Å². The standard InChI is InChI=1S/C16H25NO4/c1-4-7-14(16(18)19)21-15-12(10-11(3)17)8-6-9-13(15)20-5-2/h6,8-9,11,14H,4-5,7,10,17H2,1-3H3,(H,18,19). The topological polar surface area (TPSA) is 81.8 Å². The summed E-state index contributed by atoms with van der Waals surface area (Å²) in [6.07, 6.45) is 0.918. The van der Waals surface area contributed by atoms with Crippen LogP contribution in [0.15, 0.2) is 18.2 Å². The van der Waals surface area contributed by atoms with Gasteiger partial charge in [0, 0.05) is 6.04 Å². The highest BCUT2D eigenvalue weighted by molar-refractivity contribution is 5.73. The maximum Gasteiger partial charge on any atom is 0.344 e. The van der Waals surface area contributed by atoms with Crippen molar-refractivity contribution < 1.29 is 19.4 Å². The Bertz CT molecular complexity index is 460. The summed E-state index contributed by atoms with van der Waals surface area (Å²) in [6.45, 7) is 6.20. The molecular formula is C16H25NO4. The van der Waals surface area contributed by atoms with E-state index >= 15 is 0 Å². The smallest absolute Gasteiger partial charge is 0.344 e. The summed E-state index contributed by atoms with van der Waals surface area (Å²) in [6, 6.07) is 5.50. The first-order valence-electron chi connectivity index (χ1n) is 7.39. The fourth-order valence-corrected chi connectivity index (χ4v) is 2.11. The number of benzene rings is 1. The van der Waals surface area contributed by atoms with Crippen molar-refractivity contribution in [3.05, 3.63) is 23.8 Å². The van der Waals surface area contributed by atoms with Crippen molar-refractivity contribution in [1.29, 1.82) is 0 Å². The Labute approximate surface area is 126 Å². The lowest BCUT2D eigenvalue weighted by Gasteiger charge is -2.20. The van der Waals surface area contributed by atoms with E-state index in [0.717, 1.165) is 12.0 Å². The molecule has 118 valence electrons. The van der Waals surface area contributed by atoms with Crippen molar-refractivity contribution in [3.8, 4) is 11.5 Å². The average Bonchev–Trinajstić information content (AvgIpc) is 2.40. The Balaban J connectivity index is 3.11. The number of carbonyl (C=O) groups is 1. The summed E-state index contributed by atoms with van der Waals surface area (Å²) in [5.74, 6) is 0.102. The molecule has 2 unspecified atom stereocenters. The predicted molar refractivity (Wildman–Crippen MR) is 81.9 cm³/mol. The van der Waals surface area contributed by atoms with Gasteiger partial charge in [-0.3, -0.25) is 0 Å². The van der Waals surface area contributed by atoms with Gasteiger partial charge in [0.05, 0.1) is 6.61 Å². The molecule has 0 radical (unpaired) electrons. The van der Waals surface area contributed by atoms with Gasteiger partial charge in [0.25, 0.3) is 0 Å². The highest BCUT2D eigenvalue weighted by Gasteiger charge is 2.22. The molecule has 1 rings (SSSR count). The van der Waals surface area contributed by atoms with Crippen LogP contribution >= 0.6 is 0 Å². The molecule has 0 saturated heterocycles. The summed E-state index contributed by atoms with van der Waals surface area (Å²) in [4.78, 5) is 11.3. The second kappa shape index (κ2) is 8.52. The highest BCUT2D eigenvalue weighted by atomic mass is 16.5. The maximum atomic E-state index is 11.3. The van der Waals surface area contributed by atoms with Gasteiger partial charge in [-0.15, -0.1) is 0 Å². The van der Waals surface area contributed by atoms with Gasteiger partial charge in [-0.05, 0) is 38.3 Å². The molecule has 5 nitrogen and oxygen atoms in total. The predicted octanol–water partition coefficient (Wildman–Crippen LogP) is 2.61. The Morgan fingerprint density at radius 2 is 2.10 bits per heavy atom. The molecule has 1 aromatic rings. The van der Waals surface area contributed by atoms with Crippen LogP contribution in [0.4, 0.5) is 0 Å². The molecule has 0 bridgehead atoms. The van der Waals surface area contributed by atoms with Gasteiger partial charge in [0.1, 0.15) is 0 Å². The second-order valence-electron chi connectivity index (χ2n) is 5.09. The number of aliphatic carboxylic acids is 1. The monoisotopic (exact) mass is 295 g/mol. The van der Waals surface area contributed by atoms with Crippen LogP contribution < -0.4 is 15.2 Å². The van der Waals surface area contributed by atoms with E-state index in [1.165, 1.54) is 0 Å². The molecule has 0 saturated carbocycles. The van der Waals surface area contributed by atoms with Gasteiger partial charge in [0.2, 0.25) is 0 Å². The van der Waals surface area contributed by atoms with Gasteiger partial charge in [-0.1, -0.05) is 25.5 Å². The third kappa shape index (κ3) is 5.27. The van der Waals surface area contributed by atoms with E-state index in [-0.39, 0.29) is 6.04 Å². The lowest BCUT2D eigenvalue weighted by Crippen LogP contribution is -2.28. The van der Waals surface area contributed by atoms with Crippen LogP contribution in [-0.2, 0) is 11.2 Å². The molecule has 1 aromatic carbocycles. The summed E-state index contributed by atoms with van der Waals surface area (Å²) in [7, 11) is 0. The first-order valence-corrected chi connectivity index (χ1v) is 7.39. The third-order valence-corrected chi connectivity index (χ3v) is 2.99.